The highest BCUT2D eigenvalue weighted by molar-refractivity contribution is 9.10. The summed E-state index contributed by atoms with van der Waals surface area (Å²) in [6.07, 6.45) is -0.111. The number of benzene rings is 1. The van der Waals surface area contributed by atoms with Crippen molar-refractivity contribution in [2.75, 3.05) is 13.2 Å². The standard InChI is InChI=1S/C18H21BrO5/c1-3-21-16(18(20)22-4-2)11-13-5-7-14(8-6-13)23-12-15-9-10-17(19)24-15/h5-10,16H,3-4,11-12H2,1-2H3/t16-/m1/s1. The molecule has 1 aromatic carbocycles. The molecule has 0 amide bonds. The van der Waals surface area contributed by atoms with Gasteiger partial charge in [-0.05, 0) is 59.6 Å². The van der Waals surface area contributed by atoms with Crippen LogP contribution in [0.2, 0.25) is 0 Å². The van der Waals surface area contributed by atoms with Crippen LogP contribution in [0.4, 0.5) is 0 Å². The van der Waals surface area contributed by atoms with E-state index in [1.54, 1.807) is 6.92 Å². The summed E-state index contributed by atoms with van der Waals surface area (Å²) < 4.78 is 22.2. The molecule has 2 aromatic rings. The predicted octanol–water partition coefficient (Wildman–Crippen LogP) is 4.13. The van der Waals surface area contributed by atoms with Crippen molar-refractivity contribution in [3.05, 3.63) is 52.4 Å². The van der Waals surface area contributed by atoms with Crippen molar-refractivity contribution in [1.82, 2.24) is 0 Å². The van der Waals surface area contributed by atoms with Crippen LogP contribution >= 0.6 is 15.9 Å². The highest BCUT2D eigenvalue weighted by atomic mass is 79.9. The Hall–Kier alpha value is -1.79. The monoisotopic (exact) mass is 396 g/mol. The van der Waals surface area contributed by atoms with E-state index in [1.165, 1.54) is 0 Å². The maximum atomic E-state index is 11.9. The molecule has 0 radical (unpaired) electrons. The van der Waals surface area contributed by atoms with Crippen LogP contribution in [-0.2, 0) is 27.3 Å². The first-order valence-corrected chi connectivity index (χ1v) is 8.65. The summed E-state index contributed by atoms with van der Waals surface area (Å²) in [4.78, 5) is 11.9. The summed E-state index contributed by atoms with van der Waals surface area (Å²) in [6, 6.07) is 11.2. The molecule has 0 saturated carbocycles. The van der Waals surface area contributed by atoms with Gasteiger partial charge in [0.05, 0.1) is 6.61 Å². The fourth-order valence-electron chi connectivity index (χ4n) is 2.17. The van der Waals surface area contributed by atoms with Crippen LogP contribution in [0.15, 0.2) is 45.5 Å². The zero-order chi connectivity index (χ0) is 17.4. The lowest BCUT2D eigenvalue weighted by Crippen LogP contribution is -2.28. The number of halogens is 1. The van der Waals surface area contributed by atoms with Gasteiger partial charge in [-0.15, -0.1) is 0 Å². The van der Waals surface area contributed by atoms with Crippen molar-refractivity contribution in [2.24, 2.45) is 0 Å². The van der Waals surface area contributed by atoms with Crippen molar-refractivity contribution in [3.63, 3.8) is 0 Å². The molecule has 0 N–H and O–H groups in total. The van der Waals surface area contributed by atoms with Crippen LogP contribution < -0.4 is 4.74 Å². The van der Waals surface area contributed by atoms with Gasteiger partial charge in [0.2, 0.25) is 0 Å². The lowest BCUT2D eigenvalue weighted by atomic mass is 10.1. The number of esters is 1. The van der Waals surface area contributed by atoms with Gasteiger partial charge in [-0.25, -0.2) is 4.79 Å². The molecule has 0 aliphatic carbocycles. The van der Waals surface area contributed by atoms with Gasteiger partial charge in [-0.3, -0.25) is 0 Å². The van der Waals surface area contributed by atoms with Gasteiger partial charge < -0.3 is 18.6 Å². The fraction of sp³-hybridized carbons (Fsp3) is 0.389. The Kier molecular flexibility index (Phi) is 7.34. The Bertz CT molecular complexity index is 635. The van der Waals surface area contributed by atoms with Gasteiger partial charge in [-0.1, -0.05) is 12.1 Å². The molecule has 1 atom stereocenters. The van der Waals surface area contributed by atoms with Crippen molar-refractivity contribution in [2.45, 2.75) is 33.0 Å². The van der Waals surface area contributed by atoms with Gasteiger partial charge in [0.15, 0.2) is 10.8 Å². The van der Waals surface area contributed by atoms with E-state index in [4.69, 9.17) is 18.6 Å². The summed E-state index contributed by atoms with van der Waals surface area (Å²) in [5.41, 5.74) is 0.981. The maximum absolute atomic E-state index is 11.9. The zero-order valence-corrected chi connectivity index (χ0v) is 15.4. The second-order valence-corrected chi connectivity index (χ2v) is 5.82. The summed E-state index contributed by atoms with van der Waals surface area (Å²) in [7, 11) is 0. The van der Waals surface area contributed by atoms with E-state index in [1.807, 2.05) is 43.3 Å². The zero-order valence-electron chi connectivity index (χ0n) is 13.8. The number of carbonyl (C=O) groups excluding carboxylic acids is 1. The first-order chi connectivity index (χ1) is 11.6. The van der Waals surface area contributed by atoms with E-state index in [-0.39, 0.29) is 5.97 Å². The quantitative estimate of drug-likeness (QED) is 0.596. The topological polar surface area (TPSA) is 57.9 Å². The van der Waals surface area contributed by atoms with E-state index in [0.29, 0.717) is 30.9 Å². The Morgan fingerprint density at radius 1 is 1.12 bits per heavy atom. The van der Waals surface area contributed by atoms with Gasteiger partial charge in [0.25, 0.3) is 0 Å². The van der Waals surface area contributed by atoms with E-state index in [0.717, 1.165) is 17.1 Å². The summed E-state index contributed by atoms with van der Waals surface area (Å²) in [5.74, 6) is 1.14. The Morgan fingerprint density at radius 2 is 1.88 bits per heavy atom. The number of hydrogen-bond acceptors (Lipinski definition) is 5. The third-order valence-electron chi connectivity index (χ3n) is 3.27. The predicted molar refractivity (Wildman–Crippen MR) is 92.9 cm³/mol. The minimum atomic E-state index is -0.581. The van der Waals surface area contributed by atoms with Crippen LogP contribution in [0, 0.1) is 0 Å². The van der Waals surface area contributed by atoms with Crippen molar-refractivity contribution < 1.29 is 23.4 Å². The van der Waals surface area contributed by atoms with Crippen LogP contribution in [0.1, 0.15) is 25.2 Å². The van der Waals surface area contributed by atoms with Crippen molar-refractivity contribution >= 4 is 21.9 Å². The van der Waals surface area contributed by atoms with Gasteiger partial charge >= 0.3 is 5.97 Å². The average molecular weight is 397 g/mol. The molecule has 5 nitrogen and oxygen atoms in total. The molecule has 0 spiro atoms. The Morgan fingerprint density at radius 3 is 2.46 bits per heavy atom. The average Bonchev–Trinajstić information content (AvgIpc) is 2.99. The molecule has 0 fully saturated rings. The minimum Gasteiger partial charge on any atom is -0.486 e. The molecule has 0 bridgehead atoms. The molecule has 2 rings (SSSR count). The van der Waals surface area contributed by atoms with Crippen LogP contribution in [0.25, 0.3) is 0 Å². The smallest absolute Gasteiger partial charge is 0.335 e. The first kappa shape index (κ1) is 18.5. The first-order valence-electron chi connectivity index (χ1n) is 7.86. The van der Waals surface area contributed by atoms with Crippen LogP contribution in [0.5, 0.6) is 5.75 Å². The lowest BCUT2D eigenvalue weighted by Gasteiger charge is -2.15. The van der Waals surface area contributed by atoms with Crippen LogP contribution in [0.3, 0.4) is 0 Å². The minimum absolute atomic E-state index is 0.330. The van der Waals surface area contributed by atoms with Crippen LogP contribution in [-0.4, -0.2) is 25.3 Å². The Balaban J connectivity index is 1.91. The molecule has 1 aromatic heterocycles. The van der Waals surface area contributed by atoms with E-state index >= 15 is 0 Å². The molecule has 0 unspecified atom stereocenters. The number of hydrogen-bond donors (Lipinski definition) is 0. The number of ether oxygens (including phenoxy) is 3. The summed E-state index contributed by atoms with van der Waals surface area (Å²) in [5, 5.41) is 0. The molecule has 0 aliphatic rings. The number of rotatable bonds is 9. The maximum Gasteiger partial charge on any atom is 0.335 e. The summed E-state index contributed by atoms with van der Waals surface area (Å²) >= 11 is 3.25. The van der Waals surface area contributed by atoms with Gasteiger partial charge in [0.1, 0.15) is 18.1 Å². The summed E-state index contributed by atoms with van der Waals surface area (Å²) in [6.45, 7) is 4.80. The number of furan rings is 1. The molecule has 24 heavy (non-hydrogen) atoms. The second kappa shape index (κ2) is 9.49. The molecular formula is C18H21BrO5. The highest BCUT2D eigenvalue weighted by Crippen LogP contribution is 2.19. The van der Waals surface area contributed by atoms with Gasteiger partial charge in [0, 0.05) is 13.0 Å². The molecule has 0 saturated heterocycles. The third-order valence-corrected chi connectivity index (χ3v) is 3.70. The van der Waals surface area contributed by atoms with E-state index < -0.39 is 6.10 Å². The SMILES string of the molecule is CCOC(=O)[C@@H](Cc1ccc(OCc2ccc(Br)o2)cc1)OCC. The van der Waals surface area contributed by atoms with Crippen molar-refractivity contribution in [3.8, 4) is 5.75 Å². The molecule has 130 valence electrons. The lowest BCUT2D eigenvalue weighted by molar-refractivity contribution is -0.156. The normalized spacial score (nSPS) is 12.0. The van der Waals surface area contributed by atoms with Crippen molar-refractivity contribution in [1.29, 1.82) is 0 Å². The number of carbonyl (C=O) groups is 1. The Labute approximate surface area is 150 Å². The molecule has 0 aliphatic heterocycles. The largest absolute Gasteiger partial charge is 0.486 e. The molecule has 1 heterocycles. The molecular weight excluding hydrogens is 376 g/mol. The van der Waals surface area contributed by atoms with Gasteiger partial charge in [-0.2, -0.15) is 0 Å². The fourth-order valence-corrected chi connectivity index (χ4v) is 2.51. The third kappa shape index (κ3) is 5.69. The van der Waals surface area contributed by atoms with E-state index in [2.05, 4.69) is 15.9 Å². The highest BCUT2D eigenvalue weighted by Gasteiger charge is 2.20. The molecule has 6 heteroatoms. The second-order valence-electron chi connectivity index (χ2n) is 5.04. The van der Waals surface area contributed by atoms with E-state index in [9.17, 15) is 4.79 Å².